The molecule has 0 bridgehead atoms. The Labute approximate surface area is 169 Å². The zero-order chi connectivity index (χ0) is 20.8. The quantitative estimate of drug-likeness (QED) is 0.543. The van der Waals surface area contributed by atoms with E-state index in [-0.39, 0.29) is 18.8 Å². The number of hydrogen-bond donors (Lipinski definition) is 2. The van der Waals surface area contributed by atoms with Crippen molar-refractivity contribution in [1.29, 1.82) is 0 Å². The van der Waals surface area contributed by atoms with Gasteiger partial charge in [0.05, 0.1) is 12.5 Å². The lowest BCUT2D eigenvalue weighted by molar-refractivity contribution is -0.143. The van der Waals surface area contributed by atoms with E-state index in [1.807, 2.05) is 26.8 Å². The summed E-state index contributed by atoms with van der Waals surface area (Å²) in [7, 11) is 0. The fraction of sp³-hybridized carbons (Fsp3) is 0.286. The Balaban J connectivity index is 2.02. The number of carbonyl (C=O) groups excluding carboxylic acids is 3. The lowest BCUT2D eigenvalue weighted by Crippen LogP contribution is -2.34. The van der Waals surface area contributed by atoms with Crippen molar-refractivity contribution in [3.63, 3.8) is 0 Å². The maximum absolute atomic E-state index is 12.4. The molecule has 0 fully saturated rings. The monoisotopic (exact) mass is 402 g/mol. The molecule has 0 saturated carbocycles. The van der Waals surface area contributed by atoms with Gasteiger partial charge in [-0.3, -0.25) is 9.59 Å². The molecule has 0 aliphatic rings. The lowest BCUT2D eigenvalue weighted by atomic mass is 9.98. The molecule has 0 aromatic heterocycles. The van der Waals surface area contributed by atoms with Gasteiger partial charge >= 0.3 is 12.0 Å². The van der Waals surface area contributed by atoms with Crippen LogP contribution < -0.4 is 11.1 Å². The third kappa shape index (κ3) is 5.82. The standard InChI is InChI=1S/C21H23ClN2O4/c1-12-8-14(3)17(9-13(12)2)19(25)11-28-20(26)10-18(24-21(23)27)15-4-6-16(22)7-5-15/h4-9,18H,10-11H2,1-3H3,(H3,23,24,27)/t18-/m0/s1. The number of aryl methyl sites for hydroxylation is 3. The molecule has 2 rings (SSSR count). The minimum absolute atomic E-state index is 0.163. The number of hydrogen-bond acceptors (Lipinski definition) is 4. The number of nitrogens with two attached hydrogens (primary N) is 1. The molecule has 0 heterocycles. The summed E-state index contributed by atoms with van der Waals surface area (Å²) in [5.41, 5.74) is 9.29. The molecule has 3 N–H and O–H groups in total. The summed E-state index contributed by atoms with van der Waals surface area (Å²) in [6.07, 6.45) is -0.163. The van der Waals surface area contributed by atoms with Crippen LogP contribution in [0.1, 0.15) is 45.1 Å². The Hall–Kier alpha value is -2.86. The first-order chi connectivity index (χ1) is 13.2. The van der Waals surface area contributed by atoms with Crippen LogP contribution in [0, 0.1) is 20.8 Å². The number of ether oxygens (including phenoxy) is 1. The molecular formula is C21H23ClN2O4. The molecular weight excluding hydrogens is 380 g/mol. The number of rotatable bonds is 7. The number of carbonyl (C=O) groups is 3. The zero-order valence-corrected chi connectivity index (χ0v) is 16.8. The SMILES string of the molecule is Cc1cc(C)c(C(=O)COC(=O)C[C@H](NC(N)=O)c2ccc(Cl)cc2)cc1C. The molecule has 28 heavy (non-hydrogen) atoms. The third-order valence-corrected chi connectivity index (χ3v) is 4.72. The highest BCUT2D eigenvalue weighted by Gasteiger charge is 2.20. The molecule has 0 aliphatic carbocycles. The van der Waals surface area contributed by atoms with Gasteiger partial charge < -0.3 is 15.8 Å². The number of halogens is 1. The fourth-order valence-corrected chi connectivity index (χ4v) is 2.96. The van der Waals surface area contributed by atoms with Crippen molar-refractivity contribution < 1.29 is 19.1 Å². The minimum atomic E-state index is -0.769. The first-order valence-corrected chi connectivity index (χ1v) is 9.13. The summed E-state index contributed by atoms with van der Waals surface area (Å²) in [5, 5.41) is 3.03. The Morgan fingerprint density at radius 1 is 1.04 bits per heavy atom. The molecule has 7 heteroatoms. The van der Waals surface area contributed by atoms with Gasteiger partial charge in [0.2, 0.25) is 5.78 Å². The van der Waals surface area contributed by atoms with Crippen molar-refractivity contribution in [3.05, 3.63) is 69.2 Å². The van der Waals surface area contributed by atoms with Gasteiger partial charge in [0.1, 0.15) is 0 Å². The molecule has 0 spiro atoms. The Kier molecular flexibility index (Phi) is 7.18. The van der Waals surface area contributed by atoms with Crippen LogP contribution in [0.2, 0.25) is 5.02 Å². The van der Waals surface area contributed by atoms with Gasteiger partial charge in [-0.2, -0.15) is 0 Å². The number of amides is 2. The van der Waals surface area contributed by atoms with E-state index in [2.05, 4.69) is 5.32 Å². The molecule has 2 amide bonds. The first kappa shape index (κ1) is 21.4. The van der Waals surface area contributed by atoms with Crippen LogP contribution >= 0.6 is 11.6 Å². The fourth-order valence-electron chi connectivity index (χ4n) is 2.83. The van der Waals surface area contributed by atoms with Crippen LogP contribution in [0.25, 0.3) is 0 Å². The number of esters is 1. The number of urea groups is 1. The van der Waals surface area contributed by atoms with Gasteiger partial charge in [-0.1, -0.05) is 29.8 Å². The molecule has 2 aromatic carbocycles. The van der Waals surface area contributed by atoms with Crippen molar-refractivity contribution in [3.8, 4) is 0 Å². The highest BCUT2D eigenvalue weighted by molar-refractivity contribution is 6.30. The summed E-state index contributed by atoms with van der Waals surface area (Å²) in [4.78, 5) is 35.9. The van der Waals surface area contributed by atoms with E-state index in [1.54, 1.807) is 30.3 Å². The lowest BCUT2D eigenvalue weighted by Gasteiger charge is -2.17. The van der Waals surface area contributed by atoms with E-state index in [9.17, 15) is 14.4 Å². The summed E-state index contributed by atoms with van der Waals surface area (Å²) in [6, 6.07) is 8.92. The summed E-state index contributed by atoms with van der Waals surface area (Å²) in [6.45, 7) is 5.37. The van der Waals surface area contributed by atoms with E-state index in [1.165, 1.54) is 0 Å². The van der Waals surface area contributed by atoms with E-state index in [0.717, 1.165) is 16.7 Å². The second-order valence-corrected chi connectivity index (χ2v) is 7.09. The molecule has 0 aliphatic heterocycles. The van der Waals surface area contributed by atoms with Crippen molar-refractivity contribution in [2.45, 2.75) is 33.2 Å². The number of ketones is 1. The van der Waals surface area contributed by atoms with Crippen molar-refractivity contribution in [2.24, 2.45) is 5.73 Å². The molecule has 2 aromatic rings. The van der Waals surface area contributed by atoms with E-state index in [0.29, 0.717) is 16.1 Å². The van der Waals surface area contributed by atoms with Crippen LogP contribution in [0.15, 0.2) is 36.4 Å². The van der Waals surface area contributed by atoms with Crippen LogP contribution in [-0.2, 0) is 9.53 Å². The second-order valence-electron chi connectivity index (χ2n) is 6.65. The van der Waals surface area contributed by atoms with Crippen LogP contribution in [0.3, 0.4) is 0 Å². The Bertz CT molecular complexity index is 894. The van der Waals surface area contributed by atoms with Gasteiger partial charge in [0, 0.05) is 10.6 Å². The Morgan fingerprint density at radius 3 is 2.25 bits per heavy atom. The highest BCUT2D eigenvalue weighted by Crippen LogP contribution is 2.20. The number of primary amides is 1. The van der Waals surface area contributed by atoms with Crippen LogP contribution in [0.4, 0.5) is 4.79 Å². The van der Waals surface area contributed by atoms with Crippen molar-refractivity contribution in [1.82, 2.24) is 5.32 Å². The zero-order valence-electron chi connectivity index (χ0n) is 16.0. The van der Waals surface area contributed by atoms with E-state index < -0.39 is 18.0 Å². The predicted octanol–water partition coefficient (Wildman–Crippen LogP) is 3.79. The maximum Gasteiger partial charge on any atom is 0.312 e. The minimum Gasteiger partial charge on any atom is -0.457 e. The van der Waals surface area contributed by atoms with Crippen molar-refractivity contribution in [2.75, 3.05) is 6.61 Å². The second kappa shape index (κ2) is 9.37. The van der Waals surface area contributed by atoms with Gasteiger partial charge in [0.25, 0.3) is 0 Å². The van der Waals surface area contributed by atoms with E-state index in [4.69, 9.17) is 22.1 Å². The predicted molar refractivity (Wildman–Crippen MR) is 107 cm³/mol. The number of nitrogens with one attached hydrogen (secondary N) is 1. The topological polar surface area (TPSA) is 98.5 Å². The molecule has 0 saturated heterocycles. The number of benzene rings is 2. The summed E-state index contributed by atoms with van der Waals surface area (Å²) in [5.74, 6) is -0.900. The van der Waals surface area contributed by atoms with Gasteiger partial charge in [0.15, 0.2) is 6.61 Å². The third-order valence-electron chi connectivity index (χ3n) is 4.47. The normalized spacial score (nSPS) is 11.6. The maximum atomic E-state index is 12.4. The molecule has 6 nitrogen and oxygen atoms in total. The van der Waals surface area contributed by atoms with E-state index >= 15 is 0 Å². The first-order valence-electron chi connectivity index (χ1n) is 8.75. The van der Waals surface area contributed by atoms with Crippen LogP contribution in [0.5, 0.6) is 0 Å². The average Bonchev–Trinajstić information content (AvgIpc) is 2.62. The molecule has 0 radical (unpaired) electrons. The van der Waals surface area contributed by atoms with Gasteiger partial charge in [-0.05, 0) is 61.2 Å². The highest BCUT2D eigenvalue weighted by atomic mass is 35.5. The summed E-state index contributed by atoms with van der Waals surface area (Å²) < 4.78 is 5.13. The van der Waals surface area contributed by atoms with Crippen LogP contribution in [-0.4, -0.2) is 24.4 Å². The average molecular weight is 403 g/mol. The summed E-state index contributed by atoms with van der Waals surface area (Å²) >= 11 is 5.86. The molecule has 0 unspecified atom stereocenters. The van der Waals surface area contributed by atoms with Gasteiger partial charge in [-0.15, -0.1) is 0 Å². The largest absolute Gasteiger partial charge is 0.457 e. The Morgan fingerprint density at radius 2 is 1.64 bits per heavy atom. The van der Waals surface area contributed by atoms with Crippen molar-refractivity contribution >= 4 is 29.4 Å². The van der Waals surface area contributed by atoms with Gasteiger partial charge in [-0.25, -0.2) is 4.79 Å². The number of Topliss-reactive ketones (excluding diaryl/α,β-unsaturated/α-hetero) is 1. The molecule has 1 atom stereocenters. The molecule has 148 valence electrons. The smallest absolute Gasteiger partial charge is 0.312 e.